The Balaban J connectivity index is 1.43. The Morgan fingerprint density at radius 1 is 1.07 bits per heavy atom. The van der Waals surface area contributed by atoms with Gasteiger partial charge in [0.2, 0.25) is 0 Å². The predicted octanol–water partition coefficient (Wildman–Crippen LogP) is 4.88. The molecule has 0 N–H and O–H groups in total. The molecule has 0 atom stereocenters. The van der Waals surface area contributed by atoms with Crippen molar-refractivity contribution in [3.8, 4) is 10.6 Å². The van der Waals surface area contributed by atoms with Gasteiger partial charge in [-0.25, -0.2) is 13.8 Å². The number of benzene rings is 1. The van der Waals surface area contributed by atoms with Gasteiger partial charge in [0, 0.05) is 30.8 Å². The summed E-state index contributed by atoms with van der Waals surface area (Å²) in [4.78, 5) is 22.5. The van der Waals surface area contributed by atoms with Crippen LogP contribution < -0.4 is 0 Å². The highest BCUT2D eigenvalue weighted by molar-refractivity contribution is 7.17. The topological polar surface area (TPSA) is 36.4 Å². The molecule has 0 unspecified atom stereocenters. The molecule has 4 nitrogen and oxygen atoms in total. The fourth-order valence-electron chi connectivity index (χ4n) is 4.41. The molecule has 1 aromatic carbocycles. The van der Waals surface area contributed by atoms with Gasteiger partial charge in [-0.2, -0.15) is 0 Å². The zero-order valence-corrected chi connectivity index (χ0v) is 17.6. The Labute approximate surface area is 174 Å². The number of nitrogens with zero attached hydrogens (tertiary/aromatic N) is 3. The van der Waals surface area contributed by atoms with Crippen LogP contribution in [0.4, 0.5) is 8.78 Å². The van der Waals surface area contributed by atoms with Crippen molar-refractivity contribution in [1.82, 2.24) is 14.8 Å². The molecule has 0 spiro atoms. The molecule has 0 saturated carbocycles. The second-order valence-corrected chi connectivity index (χ2v) is 9.03. The minimum Gasteiger partial charge on any atom is -0.338 e. The number of aromatic nitrogens is 1. The zero-order chi connectivity index (χ0) is 20.4. The molecule has 7 heteroatoms. The fourth-order valence-corrected chi connectivity index (χ4v) is 5.47. The van der Waals surface area contributed by atoms with Gasteiger partial charge in [-0.1, -0.05) is 12.8 Å². The summed E-state index contributed by atoms with van der Waals surface area (Å²) in [5.74, 6) is -1.30. The normalized spacial score (nSPS) is 19.3. The lowest BCUT2D eigenvalue weighted by Crippen LogP contribution is -2.47. The average molecular weight is 420 g/mol. The second kappa shape index (κ2) is 8.88. The fraction of sp³-hybridized carbons (Fsp3) is 0.545. The van der Waals surface area contributed by atoms with Gasteiger partial charge in [0.1, 0.15) is 21.5 Å². The highest BCUT2D eigenvalue weighted by Gasteiger charge is 2.29. The lowest BCUT2D eigenvalue weighted by atomic mass is 10.0. The zero-order valence-electron chi connectivity index (χ0n) is 16.8. The standard InChI is InChI=1S/C22H27F2N3OS/c1-15-20(29-21(25-15)18-7-6-16(23)14-19(18)24)22(28)27-12-8-17(9-13-27)26-10-4-2-3-5-11-26/h6-7,14,17H,2-5,8-13H2,1H3. The molecule has 2 saturated heterocycles. The molecule has 156 valence electrons. The molecular weight excluding hydrogens is 392 g/mol. The van der Waals surface area contributed by atoms with Crippen molar-refractivity contribution in [2.75, 3.05) is 26.2 Å². The molecule has 29 heavy (non-hydrogen) atoms. The Kier molecular flexibility index (Phi) is 6.25. The quantitative estimate of drug-likeness (QED) is 0.712. The number of carbonyl (C=O) groups excluding carboxylic acids is 1. The summed E-state index contributed by atoms with van der Waals surface area (Å²) in [6.45, 7) is 5.63. The maximum absolute atomic E-state index is 14.1. The molecule has 0 bridgehead atoms. The lowest BCUT2D eigenvalue weighted by molar-refractivity contribution is 0.0626. The lowest BCUT2D eigenvalue weighted by Gasteiger charge is -2.38. The second-order valence-electron chi connectivity index (χ2n) is 8.03. The number of amides is 1. The first-order valence-corrected chi connectivity index (χ1v) is 11.3. The minimum absolute atomic E-state index is 0.0249. The van der Waals surface area contributed by atoms with Crippen LogP contribution in [0.25, 0.3) is 10.6 Å². The summed E-state index contributed by atoms with van der Waals surface area (Å²) in [6.07, 6.45) is 7.22. The molecule has 4 rings (SSSR count). The molecule has 1 aromatic heterocycles. The monoisotopic (exact) mass is 419 g/mol. The van der Waals surface area contributed by atoms with Crippen molar-refractivity contribution in [2.45, 2.75) is 51.5 Å². The average Bonchev–Trinajstić information content (AvgIpc) is 2.92. The SMILES string of the molecule is Cc1nc(-c2ccc(F)cc2F)sc1C(=O)N1CCC(N2CCCCCC2)CC1. The number of rotatable bonds is 3. The molecule has 2 fully saturated rings. The van der Waals surface area contributed by atoms with Gasteiger partial charge in [0.15, 0.2) is 0 Å². The third-order valence-electron chi connectivity index (χ3n) is 6.06. The number of hydrogen-bond acceptors (Lipinski definition) is 4. The molecule has 2 aliphatic heterocycles. The molecule has 3 heterocycles. The summed E-state index contributed by atoms with van der Waals surface area (Å²) in [7, 11) is 0. The highest BCUT2D eigenvalue weighted by atomic mass is 32.1. The number of thiazole rings is 1. The largest absolute Gasteiger partial charge is 0.338 e. The summed E-state index contributed by atoms with van der Waals surface area (Å²) in [5, 5.41) is 0.419. The van der Waals surface area contributed by atoms with Gasteiger partial charge in [0.05, 0.1) is 5.69 Å². The van der Waals surface area contributed by atoms with Crippen molar-refractivity contribution in [3.63, 3.8) is 0 Å². The van der Waals surface area contributed by atoms with E-state index in [2.05, 4.69) is 9.88 Å². The van der Waals surface area contributed by atoms with Crippen LogP contribution in [0.15, 0.2) is 18.2 Å². The Morgan fingerprint density at radius 2 is 1.76 bits per heavy atom. The van der Waals surface area contributed by atoms with Crippen LogP contribution in [-0.4, -0.2) is 52.9 Å². The van der Waals surface area contributed by atoms with E-state index < -0.39 is 11.6 Å². The van der Waals surface area contributed by atoms with Crippen molar-refractivity contribution in [3.05, 3.63) is 40.4 Å². The van der Waals surface area contributed by atoms with Gasteiger partial charge < -0.3 is 9.80 Å². The first kappa shape index (κ1) is 20.4. The van der Waals surface area contributed by atoms with Crippen LogP contribution in [0.1, 0.15) is 53.9 Å². The molecule has 1 amide bonds. The number of halogens is 2. The smallest absolute Gasteiger partial charge is 0.265 e. The summed E-state index contributed by atoms with van der Waals surface area (Å²) >= 11 is 1.19. The molecule has 2 aromatic rings. The third-order valence-corrected chi connectivity index (χ3v) is 7.24. The first-order valence-electron chi connectivity index (χ1n) is 10.5. The van der Waals surface area contributed by atoms with E-state index in [9.17, 15) is 13.6 Å². The Bertz CT molecular complexity index is 869. The highest BCUT2D eigenvalue weighted by Crippen LogP contribution is 2.31. The van der Waals surface area contributed by atoms with E-state index in [0.29, 0.717) is 21.6 Å². The number of likely N-dealkylation sites (tertiary alicyclic amines) is 2. The van der Waals surface area contributed by atoms with E-state index in [-0.39, 0.29) is 11.5 Å². The summed E-state index contributed by atoms with van der Waals surface area (Å²) in [5.41, 5.74) is 0.840. The van der Waals surface area contributed by atoms with E-state index in [1.54, 1.807) is 6.92 Å². The van der Waals surface area contributed by atoms with E-state index in [1.807, 2.05) is 4.90 Å². The van der Waals surface area contributed by atoms with E-state index in [0.717, 1.165) is 32.0 Å². The first-order chi connectivity index (χ1) is 14.0. The van der Waals surface area contributed by atoms with Crippen molar-refractivity contribution < 1.29 is 13.6 Å². The van der Waals surface area contributed by atoms with Gasteiger partial charge >= 0.3 is 0 Å². The van der Waals surface area contributed by atoms with Gasteiger partial charge in [-0.3, -0.25) is 4.79 Å². The Hall–Kier alpha value is -1.86. The molecular formula is C22H27F2N3OS. The van der Waals surface area contributed by atoms with E-state index in [1.165, 1.54) is 62.2 Å². The van der Waals surface area contributed by atoms with Crippen LogP contribution in [-0.2, 0) is 0 Å². The molecule has 2 aliphatic rings. The van der Waals surface area contributed by atoms with Crippen molar-refractivity contribution >= 4 is 17.2 Å². The van der Waals surface area contributed by atoms with Crippen LogP contribution in [0.2, 0.25) is 0 Å². The van der Waals surface area contributed by atoms with Gasteiger partial charge in [-0.15, -0.1) is 11.3 Å². The Morgan fingerprint density at radius 3 is 2.41 bits per heavy atom. The maximum Gasteiger partial charge on any atom is 0.265 e. The van der Waals surface area contributed by atoms with Crippen molar-refractivity contribution in [1.29, 1.82) is 0 Å². The minimum atomic E-state index is -0.656. The number of piperidine rings is 1. The van der Waals surface area contributed by atoms with E-state index in [4.69, 9.17) is 0 Å². The van der Waals surface area contributed by atoms with Crippen LogP contribution in [0.3, 0.4) is 0 Å². The summed E-state index contributed by atoms with van der Waals surface area (Å²) in [6, 6.07) is 4.01. The van der Waals surface area contributed by atoms with Crippen LogP contribution in [0.5, 0.6) is 0 Å². The van der Waals surface area contributed by atoms with Crippen LogP contribution >= 0.6 is 11.3 Å². The van der Waals surface area contributed by atoms with E-state index >= 15 is 0 Å². The van der Waals surface area contributed by atoms with Gasteiger partial charge in [0.25, 0.3) is 5.91 Å². The summed E-state index contributed by atoms with van der Waals surface area (Å²) < 4.78 is 27.3. The third kappa shape index (κ3) is 4.51. The maximum atomic E-state index is 14.1. The number of aryl methyl sites for hydroxylation is 1. The number of carbonyl (C=O) groups is 1. The molecule has 0 radical (unpaired) electrons. The molecule has 0 aliphatic carbocycles. The van der Waals surface area contributed by atoms with Gasteiger partial charge in [-0.05, 0) is 57.8 Å². The predicted molar refractivity (Wildman–Crippen MR) is 111 cm³/mol. The number of hydrogen-bond donors (Lipinski definition) is 0. The van der Waals surface area contributed by atoms with Crippen molar-refractivity contribution in [2.24, 2.45) is 0 Å². The van der Waals surface area contributed by atoms with Crippen LogP contribution in [0, 0.1) is 18.6 Å².